The van der Waals surface area contributed by atoms with Gasteiger partial charge in [-0.2, -0.15) is 18.3 Å². The molecule has 1 aromatic rings. The summed E-state index contributed by atoms with van der Waals surface area (Å²) >= 11 is 0. The van der Waals surface area contributed by atoms with Gasteiger partial charge in [0.15, 0.2) is 0 Å². The van der Waals surface area contributed by atoms with Crippen LogP contribution in [-0.2, 0) is 7.05 Å². The number of nitrogens with zero attached hydrogens (tertiary/aromatic N) is 2. The van der Waals surface area contributed by atoms with Gasteiger partial charge in [-0.1, -0.05) is 0 Å². The van der Waals surface area contributed by atoms with Crippen LogP contribution in [0, 0.1) is 0 Å². The molecule has 0 bridgehead atoms. The molecule has 0 saturated heterocycles. The number of hydrogen-bond acceptors (Lipinski definition) is 2. The second-order valence-corrected chi connectivity index (χ2v) is 2.78. The summed E-state index contributed by atoms with van der Waals surface area (Å²) in [6.45, 7) is 0. The standard InChI is InChI=1S/C7H6F4N2O2/c1-13-4(5(8)7(9,10)11)3(2-12-13)6(14)15/h2,5H,1H3,(H,14,15). The van der Waals surface area contributed by atoms with Crippen molar-refractivity contribution in [3.8, 4) is 0 Å². The Labute approximate surface area is 81.1 Å². The van der Waals surface area contributed by atoms with Crippen LogP contribution >= 0.6 is 0 Å². The first kappa shape index (κ1) is 11.5. The van der Waals surface area contributed by atoms with Gasteiger partial charge in [-0.25, -0.2) is 9.18 Å². The molecule has 1 aromatic heterocycles. The lowest BCUT2D eigenvalue weighted by Gasteiger charge is -2.13. The van der Waals surface area contributed by atoms with Gasteiger partial charge in [0.25, 0.3) is 0 Å². The monoisotopic (exact) mass is 226 g/mol. The summed E-state index contributed by atoms with van der Waals surface area (Å²) in [4.78, 5) is 10.5. The summed E-state index contributed by atoms with van der Waals surface area (Å²) in [6, 6.07) is 0. The second-order valence-electron chi connectivity index (χ2n) is 2.78. The van der Waals surface area contributed by atoms with E-state index in [0.29, 0.717) is 10.9 Å². The molecule has 0 aromatic carbocycles. The molecule has 0 saturated carbocycles. The summed E-state index contributed by atoms with van der Waals surface area (Å²) in [5.74, 6) is -1.65. The van der Waals surface area contributed by atoms with E-state index in [1.165, 1.54) is 0 Å². The fourth-order valence-corrected chi connectivity index (χ4v) is 1.07. The topological polar surface area (TPSA) is 55.1 Å². The predicted octanol–water partition coefficient (Wildman–Crippen LogP) is 1.69. The highest BCUT2D eigenvalue weighted by Gasteiger charge is 2.45. The molecule has 1 N–H and O–H groups in total. The Balaban J connectivity index is 3.24. The zero-order valence-corrected chi connectivity index (χ0v) is 7.42. The van der Waals surface area contributed by atoms with Gasteiger partial charge in [0.2, 0.25) is 6.17 Å². The first-order chi connectivity index (χ1) is 6.75. The highest BCUT2D eigenvalue weighted by Crippen LogP contribution is 2.37. The minimum atomic E-state index is -5.14. The number of carboxylic acid groups (broad SMARTS) is 1. The maximum Gasteiger partial charge on any atom is 0.425 e. The third kappa shape index (κ3) is 2.08. The molecule has 0 radical (unpaired) electrons. The molecule has 1 rings (SSSR count). The molecule has 1 atom stereocenters. The lowest BCUT2D eigenvalue weighted by molar-refractivity contribution is -0.184. The lowest BCUT2D eigenvalue weighted by Crippen LogP contribution is -2.21. The van der Waals surface area contributed by atoms with Crippen LogP contribution in [-0.4, -0.2) is 27.0 Å². The van der Waals surface area contributed by atoms with Gasteiger partial charge >= 0.3 is 12.1 Å². The summed E-state index contributed by atoms with van der Waals surface area (Å²) < 4.78 is 49.5. The van der Waals surface area contributed by atoms with Crippen LogP contribution in [0.2, 0.25) is 0 Å². The van der Waals surface area contributed by atoms with Crippen molar-refractivity contribution in [3.63, 3.8) is 0 Å². The second kappa shape index (κ2) is 3.52. The van der Waals surface area contributed by atoms with Crippen LogP contribution in [0.1, 0.15) is 22.2 Å². The number of aromatic nitrogens is 2. The van der Waals surface area contributed by atoms with Gasteiger partial charge < -0.3 is 5.11 Å². The van der Waals surface area contributed by atoms with Gasteiger partial charge in [-0.3, -0.25) is 4.68 Å². The van der Waals surface area contributed by atoms with Crippen molar-refractivity contribution in [2.75, 3.05) is 0 Å². The molecule has 0 amide bonds. The van der Waals surface area contributed by atoms with Crippen molar-refractivity contribution >= 4 is 5.97 Å². The third-order valence-electron chi connectivity index (χ3n) is 1.74. The first-order valence-corrected chi connectivity index (χ1v) is 3.71. The zero-order valence-electron chi connectivity index (χ0n) is 7.42. The Morgan fingerprint density at radius 2 is 2.13 bits per heavy atom. The van der Waals surface area contributed by atoms with Crippen LogP contribution in [0.3, 0.4) is 0 Å². The van der Waals surface area contributed by atoms with E-state index in [1.54, 1.807) is 0 Å². The Kier molecular flexibility index (Phi) is 2.69. The van der Waals surface area contributed by atoms with Gasteiger partial charge in [0.05, 0.1) is 11.9 Å². The fourth-order valence-electron chi connectivity index (χ4n) is 1.07. The van der Waals surface area contributed by atoms with Crippen LogP contribution in [0.25, 0.3) is 0 Å². The van der Waals surface area contributed by atoms with Crippen LogP contribution < -0.4 is 0 Å². The molecule has 0 fully saturated rings. The summed E-state index contributed by atoms with van der Waals surface area (Å²) in [5, 5.41) is 11.8. The maximum absolute atomic E-state index is 12.9. The molecule has 0 spiro atoms. The molecule has 1 heterocycles. The minimum absolute atomic E-state index is 0.557. The van der Waals surface area contributed by atoms with Gasteiger partial charge in [-0.15, -0.1) is 0 Å². The van der Waals surface area contributed by atoms with E-state index in [0.717, 1.165) is 7.05 Å². The number of halogens is 4. The van der Waals surface area contributed by atoms with E-state index < -0.39 is 29.6 Å². The van der Waals surface area contributed by atoms with E-state index >= 15 is 0 Å². The van der Waals surface area contributed by atoms with E-state index in [1.807, 2.05) is 0 Å². The van der Waals surface area contributed by atoms with Crippen molar-refractivity contribution in [1.29, 1.82) is 0 Å². The van der Waals surface area contributed by atoms with Crippen molar-refractivity contribution in [3.05, 3.63) is 17.5 Å². The Bertz CT molecular complexity index is 385. The molecule has 15 heavy (non-hydrogen) atoms. The number of aryl methyl sites for hydroxylation is 1. The number of carboxylic acids is 1. The van der Waals surface area contributed by atoms with Crippen LogP contribution in [0.4, 0.5) is 17.6 Å². The lowest BCUT2D eigenvalue weighted by atomic mass is 10.1. The molecule has 4 nitrogen and oxygen atoms in total. The minimum Gasteiger partial charge on any atom is -0.478 e. The van der Waals surface area contributed by atoms with Crippen molar-refractivity contribution < 1.29 is 27.5 Å². The summed E-state index contributed by atoms with van der Waals surface area (Å²) in [6.07, 6.45) is -7.82. The van der Waals surface area contributed by atoms with Crippen LogP contribution in [0.5, 0.6) is 0 Å². The molecular formula is C7H6F4N2O2. The first-order valence-electron chi connectivity index (χ1n) is 3.71. The van der Waals surface area contributed by atoms with Crippen molar-refractivity contribution in [1.82, 2.24) is 9.78 Å². The predicted molar refractivity (Wildman–Crippen MR) is 40.1 cm³/mol. The normalized spacial score (nSPS) is 13.9. The Morgan fingerprint density at radius 1 is 1.60 bits per heavy atom. The molecule has 1 unspecified atom stereocenters. The largest absolute Gasteiger partial charge is 0.478 e. The number of hydrogen-bond donors (Lipinski definition) is 1. The van der Waals surface area contributed by atoms with E-state index in [4.69, 9.17) is 5.11 Å². The smallest absolute Gasteiger partial charge is 0.425 e. The van der Waals surface area contributed by atoms with E-state index in [2.05, 4.69) is 5.10 Å². The molecule has 0 aliphatic carbocycles. The fraction of sp³-hybridized carbons (Fsp3) is 0.429. The molecule has 0 aliphatic rings. The zero-order chi connectivity index (χ0) is 11.8. The molecular weight excluding hydrogens is 220 g/mol. The Hall–Kier alpha value is -1.60. The SMILES string of the molecule is Cn1ncc(C(=O)O)c1C(F)C(F)(F)F. The van der Waals surface area contributed by atoms with E-state index in [9.17, 15) is 22.4 Å². The quantitative estimate of drug-likeness (QED) is 0.780. The van der Waals surface area contributed by atoms with E-state index in [-0.39, 0.29) is 0 Å². The third-order valence-corrected chi connectivity index (χ3v) is 1.74. The Morgan fingerprint density at radius 3 is 2.53 bits per heavy atom. The average molecular weight is 226 g/mol. The summed E-state index contributed by atoms with van der Waals surface area (Å²) in [7, 11) is 1.04. The van der Waals surface area contributed by atoms with Gasteiger partial charge in [0, 0.05) is 7.05 Å². The number of alkyl halides is 4. The van der Waals surface area contributed by atoms with Crippen molar-refractivity contribution in [2.24, 2.45) is 7.05 Å². The van der Waals surface area contributed by atoms with Gasteiger partial charge in [-0.05, 0) is 0 Å². The molecule has 84 valence electrons. The number of carbonyl (C=O) groups is 1. The highest BCUT2D eigenvalue weighted by molar-refractivity contribution is 5.88. The molecule has 8 heteroatoms. The van der Waals surface area contributed by atoms with Gasteiger partial charge in [0.1, 0.15) is 5.56 Å². The highest BCUT2D eigenvalue weighted by atomic mass is 19.4. The number of aromatic carboxylic acids is 1. The van der Waals surface area contributed by atoms with Crippen LogP contribution in [0.15, 0.2) is 6.20 Å². The average Bonchev–Trinajstić information content (AvgIpc) is 2.44. The number of rotatable bonds is 2. The molecule has 0 aliphatic heterocycles. The van der Waals surface area contributed by atoms with Crippen molar-refractivity contribution in [2.45, 2.75) is 12.3 Å². The maximum atomic E-state index is 12.9. The summed E-state index contributed by atoms with van der Waals surface area (Å²) in [5.41, 5.74) is -1.79.